The second-order valence-electron chi connectivity index (χ2n) is 0.991. The summed E-state index contributed by atoms with van der Waals surface area (Å²) in [4.78, 5) is 0. The Kier molecular flexibility index (Phi) is 1.10. The third-order valence-corrected chi connectivity index (χ3v) is 4.33. The number of rotatable bonds is 1. The number of halogens is 1. The Balaban J connectivity index is 2.00. The Labute approximate surface area is 39.9 Å². The molecule has 0 amide bonds. The van der Waals surface area contributed by atoms with Crippen LogP contribution in [-0.2, 0) is 0 Å². The predicted molar refractivity (Wildman–Crippen MR) is 32.6 cm³/mol. The molecule has 0 aromatic rings. The van der Waals surface area contributed by atoms with Gasteiger partial charge in [0.1, 0.15) is 0 Å². The second kappa shape index (κ2) is 1.43. The van der Waals surface area contributed by atoms with Gasteiger partial charge in [0, 0.05) is 0 Å². The predicted octanol–water partition coefficient (Wildman–Crippen LogP) is 0.988. The SMILES string of the molecule is CCI1CN1. The summed E-state index contributed by atoms with van der Waals surface area (Å²) < 4.78 is 6.22. The van der Waals surface area contributed by atoms with Crippen LogP contribution in [0.15, 0.2) is 0 Å². The van der Waals surface area contributed by atoms with E-state index in [1.807, 2.05) is 0 Å². The molecule has 1 nitrogen and oxygen atoms in total. The Morgan fingerprint density at radius 1 is 2.00 bits per heavy atom. The van der Waals surface area contributed by atoms with Crippen LogP contribution in [0.3, 0.4) is 0 Å². The first kappa shape index (κ1) is 3.87. The molecule has 1 aliphatic rings. The van der Waals surface area contributed by atoms with Gasteiger partial charge >= 0.3 is 39.5 Å². The Morgan fingerprint density at radius 2 is 2.60 bits per heavy atom. The second-order valence-corrected chi connectivity index (χ2v) is 6.65. The number of hydrogen-bond donors (Lipinski definition) is 1. The van der Waals surface area contributed by atoms with Gasteiger partial charge in [0.05, 0.1) is 0 Å². The van der Waals surface area contributed by atoms with Crippen molar-refractivity contribution in [3.05, 3.63) is 0 Å². The summed E-state index contributed by atoms with van der Waals surface area (Å²) in [6.45, 7) is 2.27. The first-order valence-electron chi connectivity index (χ1n) is 1.78. The van der Waals surface area contributed by atoms with Gasteiger partial charge in [-0.1, -0.05) is 0 Å². The van der Waals surface area contributed by atoms with Crippen molar-refractivity contribution in [2.75, 3.05) is 8.98 Å². The van der Waals surface area contributed by atoms with Crippen LogP contribution in [0.1, 0.15) is 6.92 Å². The van der Waals surface area contributed by atoms with E-state index in [0.717, 1.165) is 0 Å². The van der Waals surface area contributed by atoms with Gasteiger partial charge in [-0.05, 0) is 0 Å². The zero-order valence-corrected chi connectivity index (χ0v) is 5.45. The van der Waals surface area contributed by atoms with Crippen LogP contribution >= 0.6 is 20.1 Å². The first-order chi connectivity index (χ1) is 2.43. The molecule has 0 atom stereocenters. The molecular weight excluding hydrogens is 177 g/mol. The fourth-order valence-electron chi connectivity index (χ4n) is 0.225. The van der Waals surface area contributed by atoms with Crippen LogP contribution in [0.5, 0.6) is 0 Å². The van der Waals surface area contributed by atoms with Crippen LogP contribution in [-0.4, -0.2) is 8.98 Å². The molecule has 1 heterocycles. The van der Waals surface area contributed by atoms with E-state index in [-0.39, 0.29) is 20.1 Å². The van der Waals surface area contributed by atoms with Gasteiger partial charge in [0.15, 0.2) is 0 Å². The molecule has 0 aliphatic carbocycles. The molecule has 32 valence electrons. The number of hydrogen-bond acceptors (Lipinski definition) is 1. The monoisotopic (exact) mass is 185 g/mol. The van der Waals surface area contributed by atoms with E-state index in [9.17, 15) is 0 Å². The van der Waals surface area contributed by atoms with Crippen molar-refractivity contribution in [2.24, 2.45) is 0 Å². The molecule has 0 bridgehead atoms. The maximum absolute atomic E-state index is 3.34. The summed E-state index contributed by atoms with van der Waals surface area (Å²) in [6.07, 6.45) is 0. The number of nitrogens with one attached hydrogen (secondary N) is 1. The van der Waals surface area contributed by atoms with E-state index in [1.165, 1.54) is 8.98 Å². The molecule has 1 aliphatic heterocycles. The third-order valence-electron chi connectivity index (χ3n) is 0.645. The molecule has 1 saturated heterocycles. The fourth-order valence-corrected chi connectivity index (χ4v) is 2.87. The topological polar surface area (TPSA) is 21.9 Å². The summed E-state index contributed by atoms with van der Waals surface area (Å²) in [5.74, 6) is 0. The van der Waals surface area contributed by atoms with Crippen molar-refractivity contribution in [3.63, 3.8) is 0 Å². The zero-order valence-electron chi connectivity index (χ0n) is 3.29. The summed E-state index contributed by atoms with van der Waals surface area (Å²) in [6, 6.07) is 0. The van der Waals surface area contributed by atoms with Gasteiger partial charge in [-0.3, -0.25) is 0 Å². The molecule has 0 radical (unpaired) electrons. The van der Waals surface area contributed by atoms with E-state index in [2.05, 4.69) is 10.5 Å². The van der Waals surface area contributed by atoms with Crippen molar-refractivity contribution in [1.82, 2.24) is 3.53 Å². The molecule has 2 heteroatoms. The van der Waals surface area contributed by atoms with Gasteiger partial charge in [-0.15, -0.1) is 0 Å². The van der Waals surface area contributed by atoms with Crippen molar-refractivity contribution in [1.29, 1.82) is 0 Å². The molecule has 0 saturated carbocycles. The normalized spacial score (nSPS) is 27.0. The third kappa shape index (κ3) is 1.05. The van der Waals surface area contributed by atoms with Crippen molar-refractivity contribution in [3.8, 4) is 0 Å². The molecule has 5 heavy (non-hydrogen) atoms. The summed E-state index contributed by atoms with van der Waals surface area (Å²) in [5, 5.41) is 0. The van der Waals surface area contributed by atoms with Crippen molar-refractivity contribution < 1.29 is 0 Å². The maximum atomic E-state index is 3.34. The molecule has 1 rings (SSSR count). The van der Waals surface area contributed by atoms with Crippen LogP contribution in [0, 0.1) is 0 Å². The van der Waals surface area contributed by atoms with Gasteiger partial charge in [-0.25, -0.2) is 0 Å². The van der Waals surface area contributed by atoms with E-state index in [4.69, 9.17) is 0 Å². The Hall–Kier alpha value is 0.690. The molecule has 0 spiro atoms. The summed E-state index contributed by atoms with van der Waals surface area (Å²) >= 11 is -0.282. The molecule has 1 N–H and O–H groups in total. The van der Waals surface area contributed by atoms with Gasteiger partial charge in [0.2, 0.25) is 0 Å². The molecule has 0 aromatic heterocycles. The van der Waals surface area contributed by atoms with E-state index in [1.54, 1.807) is 0 Å². The number of alkyl halides is 2. The van der Waals surface area contributed by atoms with Gasteiger partial charge in [-0.2, -0.15) is 0 Å². The van der Waals surface area contributed by atoms with Gasteiger partial charge < -0.3 is 0 Å². The fraction of sp³-hybridized carbons (Fsp3) is 1.00. The molecule has 0 aromatic carbocycles. The standard InChI is InChI=1S/C3H8IN/c1-2-4-3-5-4/h5H,2-3H2,1H3. The average Bonchev–Trinajstić information content (AvgIpc) is 2.12. The van der Waals surface area contributed by atoms with E-state index in [0.29, 0.717) is 0 Å². The Bertz CT molecular complexity index is 33.9. The molecular formula is C3H8IN. The van der Waals surface area contributed by atoms with E-state index < -0.39 is 0 Å². The molecule has 1 fully saturated rings. The van der Waals surface area contributed by atoms with Crippen LogP contribution in [0.4, 0.5) is 0 Å². The minimum absolute atomic E-state index is 0.282. The van der Waals surface area contributed by atoms with Gasteiger partial charge in [0.25, 0.3) is 0 Å². The van der Waals surface area contributed by atoms with Crippen molar-refractivity contribution >= 4 is 20.1 Å². The van der Waals surface area contributed by atoms with E-state index >= 15 is 0 Å². The summed E-state index contributed by atoms with van der Waals surface area (Å²) in [7, 11) is 0. The average molecular weight is 185 g/mol. The van der Waals surface area contributed by atoms with Crippen LogP contribution in [0.2, 0.25) is 0 Å². The quantitative estimate of drug-likeness (QED) is 0.212. The first-order valence-corrected chi connectivity index (χ1v) is 5.91. The van der Waals surface area contributed by atoms with Crippen molar-refractivity contribution in [2.45, 2.75) is 6.92 Å². The van der Waals surface area contributed by atoms with Crippen LogP contribution < -0.4 is 3.53 Å². The zero-order chi connectivity index (χ0) is 3.70. The minimum atomic E-state index is -0.282. The van der Waals surface area contributed by atoms with Crippen LogP contribution in [0.25, 0.3) is 0 Å². The molecule has 0 unspecified atom stereocenters. The Morgan fingerprint density at radius 3 is 2.60 bits per heavy atom. The summed E-state index contributed by atoms with van der Waals surface area (Å²) in [5.41, 5.74) is 0.